The number of hydrogen-bond acceptors (Lipinski definition) is 3. The van der Waals surface area contributed by atoms with E-state index in [-0.39, 0.29) is 30.5 Å². The number of hydrogen-bond donors (Lipinski definition) is 3. The number of nitrogens with one attached hydrogen (secondary N) is 3. The summed E-state index contributed by atoms with van der Waals surface area (Å²) in [6.45, 7) is 0.859. The van der Waals surface area contributed by atoms with Crippen LogP contribution in [0.3, 0.4) is 0 Å². The molecular weight excluding hydrogens is 402 g/mol. The molecule has 0 aliphatic rings. The van der Waals surface area contributed by atoms with Crippen molar-refractivity contribution in [3.63, 3.8) is 0 Å². The summed E-state index contributed by atoms with van der Waals surface area (Å²) in [4.78, 5) is 25.1. The molecule has 2 amide bonds. The molecule has 7 nitrogen and oxygen atoms in total. The van der Waals surface area contributed by atoms with E-state index in [1.807, 2.05) is 84.9 Å². The average molecular weight is 428 g/mol. The second kappa shape index (κ2) is 9.78. The van der Waals surface area contributed by atoms with E-state index >= 15 is 0 Å². The van der Waals surface area contributed by atoms with Crippen LogP contribution in [-0.2, 0) is 35.8 Å². The van der Waals surface area contributed by atoms with Crippen molar-refractivity contribution in [1.82, 2.24) is 19.8 Å². The third-order valence-electron chi connectivity index (χ3n) is 5.24. The van der Waals surface area contributed by atoms with Crippen molar-refractivity contribution in [3.05, 3.63) is 102 Å². The van der Waals surface area contributed by atoms with Gasteiger partial charge in [0.2, 0.25) is 17.4 Å². The largest absolute Gasteiger partial charge is 0.350 e. The Morgan fingerprint density at radius 2 is 1.00 bits per heavy atom. The van der Waals surface area contributed by atoms with Gasteiger partial charge in [0.05, 0.1) is 11.0 Å². The van der Waals surface area contributed by atoms with Crippen molar-refractivity contribution in [2.24, 2.45) is 0 Å². The molecule has 0 saturated carbocycles. The minimum absolute atomic E-state index is 0.00478. The van der Waals surface area contributed by atoms with Gasteiger partial charge in [-0.25, -0.2) is 0 Å². The van der Waals surface area contributed by atoms with E-state index in [0.717, 1.165) is 22.2 Å². The minimum atomic E-state index is -0.191. The molecule has 0 saturated heterocycles. The third kappa shape index (κ3) is 4.95. The number of imidazole rings is 1. The fourth-order valence-electron chi connectivity index (χ4n) is 3.61. The molecule has 32 heavy (non-hydrogen) atoms. The first-order chi connectivity index (χ1) is 15.6. The van der Waals surface area contributed by atoms with Gasteiger partial charge < -0.3 is 19.8 Å². The molecule has 0 spiro atoms. The molecule has 0 fully saturated rings. The molecule has 1 heterocycles. The highest BCUT2D eigenvalue weighted by Crippen LogP contribution is 2.13. The third-order valence-corrected chi connectivity index (χ3v) is 5.24. The Bertz CT molecular complexity index is 1180. The molecule has 0 radical (unpaired) electrons. The van der Waals surface area contributed by atoms with Crippen LogP contribution in [0.2, 0.25) is 0 Å². The zero-order valence-electron chi connectivity index (χ0n) is 17.6. The normalized spacial score (nSPS) is 10.8. The zero-order valence-corrected chi connectivity index (χ0v) is 17.6. The summed E-state index contributed by atoms with van der Waals surface area (Å²) in [6, 6.07) is 26.8. The van der Waals surface area contributed by atoms with Gasteiger partial charge in [-0.1, -0.05) is 72.8 Å². The Balaban J connectivity index is 1.48. The molecule has 0 aliphatic heterocycles. The number of benzene rings is 3. The van der Waals surface area contributed by atoms with Crippen LogP contribution in [0, 0.1) is 5.41 Å². The molecule has 4 aromatic rings. The second-order valence-corrected chi connectivity index (χ2v) is 7.51. The van der Waals surface area contributed by atoms with Gasteiger partial charge in [-0.3, -0.25) is 15.0 Å². The quantitative estimate of drug-likeness (QED) is 0.403. The van der Waals surface area contributed by atoms with E-state index in [2.05, 4.69) is 10.6 Å². The van der Waals surface area contributed by atoms with Crippen LogP contribution in [0.25, 0.3) is 11.0 Å². The lowest BCUT2D eigenvalue weighted by atomic mass is 10.2. The molecular formula is C25H25N5O2. The van der Waals surface area contributed by atoms with Gasteiger partial charge in [-0.2, -0.15) is 0 Å². The number of nitrogens with zero attached hydrogens (tertiary/aromatic N) is 2. The highest BCUT2D eigenvalue weighted by molar-refractivity contribution is 5.83. The Hall–Kier alpha value is -4.13. The minimum Gasteiger partial charge on any atom is -0.350 e. The molecule has 4 rings (SSSR count). The summed E-state index contributed by atoms with van der Waals surface area (Å²) in [6.07, 6.45) is 0. The van der Waals surface area contributed by atoms with Gasteiger partial charge in [0.25, 0.3) is 0 Å². The van der Waals surface area contributed by atoms with Crippen LogP contribution in [0.4, 0.5) is 0 Å². The zero-order chi connectivity index (χ0) is 22.3. The molecule has 3 N–H and O–H groups in total. The van der Waals surface area contributed by atoms with E-state index < -0.39 is 0 Å². The fraction of sp³-hybridized carbons (Fsp3) is 0.160. The smallest absolute Gasteiger partial charge is 0.240 e. The van der Waals surface area contributed by atoms with Crippen molar-refractivity contribution in [3.8, 4) is 0 Å². The van der Waals surface area contributed by atoms with Gasteiger partial charge in [0.1, 0.15) is 13.1 Å². The summed E-state index contributed by atoms with van der Waals surface area (Å²) in [5.74, 6) is -0.382. The van der Waals surface area contributed by atoms with Gasteiger partial charge in [-0.15, -0.1) is 0 Å². The van der Waals surface area contributed by atoms with Crippen LogP contribution in [0.1, 0.15) is 11.1 Å². The van der Waals surface area contributed by atoms with E-state index in [1.54, 1.807) is 9.13 Å². The van der Waals surface area contributed by atoms with Gasteiger partial charge >= 0.3 is 0 Å². The Morgan fingerprint density at radius 1 is 0.625 bits per heavy atom. The topological polar surface area (TPSA) is 91.9 Å². The number of carbonyl (C=O) groups excluding carboxylic acids is 2. The number of fused-ring (bicyclic) bond motifs is 1. The van der Waals surface area contributed by atoms with Crippen molar-refractivity contribution in [2.75, 3.05) is 0 Å². The highest BCUT2D eigenvalue weighted by atomic mass is 16.2. The van der Waals surface area contributed by atoms with Crippen molar-refractivity contribution in [2.45, 2.75) is 26.2 Å². The van der Waals surface area contributed by atoms with Crippen LogP contribution in [0.15, 0.2) is 84.9 Å². The van der Waals surface area contributed by atoms with E-state index in [1.165, 1.54) is 0 Å². The van der Waals surface area contributed by atoms with Gasteiger partial charge in [0.15, 0.2) is 0 Å². The first-order valence-electron chi connectivity index (χ1n) is 10.5. The lowest BCUT2D eigenvalue weighted by Gasteiger charge is -2.08. The maximum Gasteiger partial charge on any atom is 0.240 e. The lowest BCUT2D eigenvalue weighted by molar-refractivity contribution is -0.122. The van der Waals surface area contributed by atoms with E-state index in [4.69, 9.17) is 5.41 Å². The van der Waals surface area contributed by atoms with Gasteiger partial charge in [0, 0.05) is 13.1 Å². The molecule has 7 heteroatoms. The Labute approximate surface area is 185 Å². The predicted molar refractivity (Wildman–Crippen MR) is 122 cm³/mol. The summed E-state index contributed by atoms with van der Waals surface area (Å²) in [5, 5.41) is 14.4. The van der Waals surface area contributed by atoms with Crippen LogP contribution < -0.4 is 16.3 Å². The SMILES string of the molecule is N=c1n(CC(=O)NCc2ccccc2)c2ccccc2n1CC(=O)NCc1ccccc1. The van der Waals surface area contributed by atoms with Crippen LogP contribution >= 0.6 is 0 Å². The first kappa shape index (κ1) is 21.1. The molecule has 0 bridgehead atoms. The van der Waals surface area contributed by atoms with Crippen molar-refractivity contribution >= 4 is 22.8 Å². The molecule has 0 aliphatic carbocycles. The maximum atomic E-state index is 12.6. The summed E-state index contributed by atoms with van der Waals surface area (Å²) in [7, 11) is 0. The molecule has 0 unspecified atom stereocenters. The first-order valence-corrected chi connectivity index (χ1v) is 10.5. The highest BCUT2D eigenvalue weighted by Gasteiger charge is 2.15. The standard InChI is InChI=1S/C25H25N5O2/c26-25-29(17-23(31)27-15-19-9-3-1-4-10-19)21-13-7-8-14-22(21)30(25)18-24(32)28-16-20-11-5-2-6-12-20/h1-14,26H,15-18H2,(H,27,31)(H,28,32). The van der Waals surface area contributed by atoms with E-state index in [9.17, 15) is 9.59 Å². The van der Waals surface area contributed by atoms with E-state index in [0.29, 0.717) is 13.1 Å². The van der Waals surface area contributed by atoms with Crippen molar-refractivity contribution < 1.29 is 9.59 Å². The van der Waals surface area contributed by atoms with Crippen LogP contribution in [-0.4, -0.2) is 20.9 Å². The number of amides is 2. The number of rotatable bonds is 8. The number of para-hydroxylation sites is 2. The predicted octanol–water partition coefficient (Wildman–Crippen LogP) is 2.56. The van der Waals surface area contributed by atoms with Crippen LogP contribution in [0.5, 0.6) is 0 Å². The number of carbonyl (C=O) groups is 2. The summed E-state index contributed by atoms with van der Waals surface area (Å²) < 4.78 is 3.25. The Kier molecular flexibility index (Phi) is 6.46. The van der Waals surface area contributed by atoms with Crippen molar-refractivity contribution in [1.29, 1.82) is 5.41 Å². The molecule has 0 atom stereocenters. The summed E-state index contributed by atoms with van der Waals surface area (Å²) in [5.41, 5.74) is 3.60. The molecule has 162 valence electrons. The number of aromatic nitrogens is 2. The maximum absolute atomic E-state index is 12.6. The second-order valence-electron chi connectivity index (χ2n) is 7.51. The molecule has 1 aromatic heterocycles. The van der Waals surface area contributed by atoms with Gasteiger partial charge in [-0.05, 0) is 23.3 Å². The monoisotopic (exact) mass is 427 g/mol. The molecule has 3 aromatic carbocycles. The Morgan fingerprint density at radius 3 is 1.41 bits per heavy atom. The lowest BCUT2D eigenvalue weighted by Crippen LogP contribution is -2.35. The average Bonchev–Trinajstić information content (AvgIpc) is 3.09. The summed E-state index contributed by atoms with van der Waals surface area (Å²) >= 11 is 0. The fourth-order valence-corrected chi connectivity index (χ4v) is 3.61.